The maximum atomic E-state index is 11.3. The van der Waals surface area contributed by atoms with Gasteiger partial charge < -0.3 is 16.0 Å². The van der Waals surface area contributed by atoms with Crippen LogP contribution in [0.5, 0.6) is 0 Å². The van der Waals surface area contributed by atoms with Crippen LogP contribution in [0.15, 0.2) is 0 Å². The van der Waals surface area contributed by atoms with E-state index in [4.69, 9.17) is 5.73 Å². The normalized spacial score (nSPS) is 30.9. The van der Waals surface area contributed by atoms with Gasteiger partial charge in [0, 0.05) is 25.6 Å². The van der Waals surface area contributed by atoms with Crippen molar-refractivity contribution in [1.82, 2.24) is 10.2 Å². The Labute approximate surface area is 97.6 Å². The molecule has 0 aromatic heterocycles. The summed E-state index contributed by atoms with van der Waals surface area (Å²) < 4.78 is 0. The lowest BCUT2D eigenvalue weighted by atomic mass is 9.85. The maximum absolute atomic E-state index is 11.3. The van der Waals surface area contributed by atoms with E-state index in [2.05, 4.69) is 10.2 Å². The van der Waals surface area contributed by atoms with Crippen molar-refractivity contribution in [2.24, 2.45) is 11.7 Å². The van der Waals surface area contributed by atoms with Gasteiger partial charge >= 0.3 is 0 Å². The first-order valence-electron chi connectivity index (χ1n) is 6.51. The molecule has 1 amide bonds. The number of fused-ring (bicyclic) bond motifs is 1. The number of nitrogens with one attached hydrogen (secondary N) is 1. The molecule has 2 saturated heterocycles. The molecule has 0 saturated carbocycles. The summed E-state index contributed by atoms with van der Waals surface area (Å²) in [5.41, 5.74) is 5.50. The van der Waals surface area contributed by atoms with Gasteiger partial charge in [-0.1, -0.05) is 0 Å². The second-order valence-electron chi connectivity index (χ2n) is 5.06. The minimum Gasteiger partial charge on any atom is -0.353 e. The number of carbonyl (C=O) groups excluding carboxylic acids is 1. The Morgan fingerprint density at radius 1 is 1.38 bits per heavy atom. The van der Waals surface area contributed by atoms with Crippen LogP contribution in [0.25, 0.3) is 0 Å². The van der Waals surface area contributed by atoms with Gasteiger partial charge in [0.1, 0.15) is 0 Å². The molecule has 4 nitrogen and oxygen atoms in total. The Bertz CT molecular complexity index is 244. The summed E-state index contributed by atoms with van der Waals surface area (Å²) in [5, 5.41) is 3.12. The van der Waals surface area contributed by atoms with Crippen LogP contribution < -0.4 is 11.1 Å². The largest absolute Gasteiger partial charge is 0.353 e. The Morgan fingerprint density at radius 3 is 3.06 bits per heavy atom. The summed E-state index contributed by atoms with van der Waals surface area (Å²) in [5.74, 6) is 0.933. The molecule has 3 N–H and O–H groups in total. The standard InChI is InChI=1S/C12H23N3O/c13-6-1-2-7-15-8-5-11-10(9-15)3-4-12(16)14-11/h10-11H,1-9,13H2,(H,14,16). The Hall–Kier alpha value is -0.610. The number of amides is 1. The molecule has 92 valence electrons. The molecule has 2 aliphatic heterocycles. The monoisotopic (exact) mass is 225 g/mol. The molecule has 0 bridgehead atoms. The van der Waals surface area contributed by atoms with Gasteiger partial charge in [-0.25, -0.2) is 0 Å². The van der Waals surface area contributed by atoms with Crippen LogP contribution in [0.2, 0.25) is 0 Å². The number of likely N-dealkylation sites (tertiary alicyclic amines) is 1. The second kappa shape index (κ2) is 5.64. The molecule has 2 atom stereocenters. The Balaban J connectivity index is 1.75. The zero-order valence-corrected chi connectivity index (χ0v) is 9.95. The van der Waals surface area contributed by atoms with Gasteiger partial charge in [-0.15, -0.1) is 0 Å². The van der Waals surface area contributed by atoms with Gasteiger partial charge in [0.15, 0.2) is 0 Å². The Morgan fingerprint density at radius 2 is 2.25 bits per heavy atom. The average molecular weight is 225 g/mol. The molecular weight excluding hydrogens is 202 g/mol. The van der Waals surface area contributed by atoms with Gasteiger partial charge in [0.05, 0.1) is 0 Å². The van der Waals surface area contributed by atoms with Gasteiger partial charge in [0.2, 0.25) is 5.91 Å². The predicted molar refractivity (Wildman–Crippen MR) is 64.0 cm³/mol. The van der Waals surface area contributed by atoms with E-state index in [1.165, 1.54) is 13.0 Å². The minimum atomic E-state index is 0.248. The third-order valence-electron chi connectivity index (χ3n) is 3.84. The van der Waals surface area contributed by atoms with Crippen molar-refractivity contribution >= 4 is 5.91 Å². The van der Waals surface area contributed by atoms with Crippen LogP contribution in [-0.4, -0.2) is 43.0 Å². The first-order valence-corrected chi connectivity index (χ1v) is 6.51. The van der Waals surface area contributed by atoms with Crippen molar-refractivity contribution in [2.75, 3.05) is 26.2 Å². The third-order valence-corrected chi connectivity index (χ3v) is 3.84. The molecule has 0 aliphatic carbocycles. The van der Waals surface area contributed by atoms with Crippen molar-refractivity contribution < 1.29 is 4.79 Å². The number of nitrogens with zero attached hydrogens (tertiary/aromatic N) is 1. The molecular formula is C12H23N3O. The lowest BCUT2D eigenvalue weighted by Gasteiger charge is -2.41. The summed E-state index contributed by atoms with van der Waals surface area (Å²) >= 11 is 0. The molecule has 2 fully saturated rings. The quantitative estimate of drug-likeness (QED) is 0.678. The number of nitrogens with two attached hydrogens (primary N) is 1. The van der Waals surface area contributed by atoms with Crippen LogP contribution >= 0.6 is 0 Å². The molecule has 0 radical (unpaired) electrons. The summed E-state index contributed by atoms with van der Waals surface area (Å²) in [6, 6.07) is 0.451. The first-order chi connectivity index (χ1) is 7.79. The Kier molecular flexibility index (Phi) is 4.18. The fourth-order valence-corrected chi connectivity index (χ4v) is 2.87. The molecule has 16 heavy (non-hydrogen) atoms. The molecule has 2 aliphatic rings. The van der Waals surface area contributed by atoms with Crippen molar-refractivity contribution in [3.05, 3.63) is 0 Å². The highest BCUT2D eigenvalue weighted by Crippen LogP contribution is 2.25. The highest BCUT2D eigenvalue weighted by atomic mass is 16.1. The van der Waals surface area contributed by atoms with Crippen LogP contribution in [0.4, 0.5) is 0 Å². The summed E-state index contributed by atoms with van der Waals surface area (Å²) in [6.07, 6.45) is 5.25. The topological polar surface area (TPSA) is 58.4 Å². The van der Waals surface area contributed by atoms with E-state index in [9.17, 15) is 4.79 Å². The molecule has 0 aromatic carbocycles. The molecule has 2 heterocycles. The van der Waals surface area contributed by atoms with Gasteiger partial charge in [-0.3, -0.25) is 4.79 Å². The van der Waals surface area contributed by atoms with Crippen molar-refractivity contribution in [2.45, 2.75) is 38.1 Å². The minimum absolute atomic E-state index is 0.248. The predicted octanol–water partition coefficient (Wildman–Crippen LogP) is 0.326. The van der Waals surface area contributed by atoms with Gasteiger partial charge in [-0.05, 0) is 44.7 Å². The molecule has 0 aromatic rings. The number of unbranched alkanes of at least 4 members (excludes halogenated alkanes) is 1. The van der Waals surface area contributed by atoms with E-state index >= 15 is 0 Å². The summed E-state index contributed by atoms with van der Waals surface area (Å²) in [4.78, 5) is 13.8. The molecule has 0 spiro atoms. The third kappa shape index (κ3) is 2.95. The van der Waals surface area contributed by atoms with Crippen LogP contribution in [-0.2, 0) is 4.79 Å². The average Bonchev–Trinajstić information content (AvgIpc) is 2.29. The fourth-order valence-electron chi connectivity index (χ4n) is 2.87. The second-order valence-corrected chi connectivity index (χ2v) is 5.06. The van der Waals surface area contributed by atoms with Crippen molar-refractivity contribution in [3.8, 4) is 0 Å². The van der Waals surface area contributed by atoms with Gasteiger partial charge in [-0.2, -0.15) is 0 Å². The maximum Gasteiger partial charge on any atom is 0.220 e. The molecule has 2 rings (SSSR count). The van der Waals surface area contributed by atoms with Crippen LogP contribution in [0.1, 0.15) is 32.1 Å². The fraction of sp³-hybridized carbons (Fsp3) is 0.917. The zero-order valence-electron chi connectivity index (χ0n) is 9.95. The van der Waals surface area contributed by atoms with E-state index < -0.39 is 0 Å². The zero-order chi connectivity index (χ0) is 11.4. The van der Waals surface area contributed by atoms with Gasteiger partial charge in [0.25, 0.3) is 0 Å². The SMILES string of the molecule is NCCCCN1CCC2NC(=O)CCC2C1. The molecule has 4 heteroatoms. The molecule has 2 unspecified atom stereocenters. The lowest BCUT2D eigenvalue weighted by molar-refractivity contribution is -0.125. The number of piperidine rings is 2. The lowest BCUT2D eigenvalue weighted by Crippen LogP contribution is -2.54. The van der Waals surface area contributed by atoms with Crippen LogP contribution in [0.3, 0.4) is 0 Å². The summed E-state index contributed by atoms with van der Waals surface area (Å²) in [7, 11) is 0. The van der Waals surface area contributed by atoms with E-state index in [0.717, 1.165) is 45.3 Å². The number of carbonyl (C=O) groups is 1. The first kappa shape index (κ1) is 11.9. The van der Waals surface area contributed by atoms with Crippen LogP contribution in [0, 0.1) is 5.92 Å². The highest BCUT2D eigenvalue weighted by molar-refractivity contribution is 5.77. The number of hydrogen-bond donors (Lipinski definition) is 2. The highest BCUT2D eigenvalue weighted by Gasteiger charge is 2.33. The van der Waals surface area contributed by atoms with Crippen molar-refractivity contribution in [3.63, 3.8) is 0 Å². The van der Waals surface area contributed by atoms with E-state index in [0.29, 0.717) is 12.0 Å². The smallest absolute Gasteiger partial charge is 0.220 e. The van der Waals surface area contributed by atoms with Crippen molar-refractivity contribution in [1.29, 1.82) is 0 Å². The van der Waals surface area contributed by atoms with E-state index in [1.54, 1.807) is 0 Å². The van der Waals surface area contributed by atoms with E-state index in [1.807, 2.05) is 0 Å². The number of hydrogen-bond acceptors (Lipinski definition) is 3. The number of rotatable bonds is 4. The van der Waals surface area contributed by atoms with E-state index in [-0.39, 0.29) is 5.91 Å². The summed E-state index contributed by atoms with van der Waals surface area (Å²) in [6.45, 7) is 4.27.